The molecule has 0 radical (unpaired) electrons. The van der Waals surface area contributed by atoms with Gasteiger partial charge in [0, 0.05) is 19.2 Å². The number of esters is 1. The lowest BCUT2D eigenvalue weighted by Crippen LogP contribution is -2.56. The fourth-order valence-corrected chi connectivity index (χ4v) is 5.62. The first kappa shape index (κ1) is 22.0. The molecule has 164 valence electrons. The Bertz CT molecular complexity index is 670. The van der Waals surface area contributed by atoms with Gasteiger partial charge in [0.25, 0.3) is 0 Å². The topological polar surface area (TPSA) is 105 Å². The highest BCUT2D eigenvalue weighted by molar-refractivity contribution is 5.98. The first-order valence-electron chi connectivity index (χ1n) is 10.8. The maximum atomic E-state index is 13.4. The predicted molar refractivity (Wildman–Crippen MR) is 105 cm³/mol. The molecule has 3 aliphatic rings. The van der Waals surface area contributed by atoms with Crippen LogP contribution in [0.4, 0.5) is 0 Å². The van der Waals surface area contributed by atoms with Crippen molar-refractivity contribution >= 4 is 17.8 Å². The summed E-state index contributed by atoms with van der Waals surface area (Å²) in [6.45, 7) is 7.98. The van der Waals surface area contributed by atoms with Crippen LogP contribution in [-0.4, -0.2) is 70.8 Å². The van der Waals surface area contributed by atoms with Crippen LogP contribution in [0, 0.1) is 11.8 Å². The van der Waals surface area contributed by atoms with E-state index in [1.165, 1.54) is 4.90 Å². The number of likely N-dealkylation sites (tertiary alicyclic amines) is 1. The molecule has 1 spiro atoms. The summed E-state index contributed by atoms with van der Waals surface area (Å²) >= 11 is 0. The number of hydrogen-bond acceptors (Lipinski definition) is 6. The number of aliphatic hydroxyl groups is 1. The SMILES string of the molecule is CCCC(C)NC(=O)C1N(CCCO)C(=O)[C@@H]2[C@H](C(=O)OCC)[C@]3(C)CCC12O3. The molecule has 3 rings (SSSR count). The van der Waals surface area contributed by atoms with Crippen LogP contribution >= 0.6 is 0 Å². The standard InChI is InChI=1S/C21H34N2O6/c1-5-8-13(3)22-17(25)16-21-10-9-20(4,29-21)15(19(27)28-6-2)14(21)18(26)23(16)11-7-12-24/h13-16,24H,5-12H2,1-4H3,(H,22,25)/t13?,14-,15+,16?,20-,21?/m0/s1. The molecule has 8 heteroatoms. The molecule has 2 amide bonds. The quantitative estimate of drug-likeness (QED) is 0.550. The highest BCUT2D eigenvalue weighted by Crippen LogP contribution is 2.63. The number of rotatable bonds is 9. The van der Waals surface area contributed by atoms with Crippen LogP contribution in [0.15, 0.2) is 0 Å². The fraction of sp³-hybridized carbons (Fsp3) is 0.857. The fourth-order valence-electron chi connectivity index (χ4n) is 5.62. The van der Waals surface area contributed by atoms with Crippen molar-refractivity contribution in [2.45, 2.75) is 83.1 Å². The average Bonchev–Trinajstić information content (AvgIpc) is 3.21. The molecule has 0 aromatic carbocycles. The third kappa shape index (κ3) is 3.44. The summed E-state index contributed by atoms with van der Waals surface area (Å²) in [6.07, 6.45) is 3.29. The van der Waals surface area contributed by atoms with E-state index in [0.29, 0.717) is 19.3 Å². The van der Waals surface area contributed by atoms with Crippen molar-refractivity contribution in [3.8, 4) is 0 Å². The van der Waals surface area contributed by atoms with Crippen LogP contribution in [0.25, 0.3) is 0 Å². The van der Waals surface area contributed by atoms with Gasteiger partial charge in [-0.05, 0) is 46.5 Å². The molecule has 0 aromatic rings. The van der Waals surface area contributed by atoms with Gasteiger partial charge in [-0.15, -0.1) is 0 Å². The van der Waals surface area contributed by atoms with Crippen LogP contribution in [0.5, 0.6) is 0 Å². The number of nitrogens with zero attached hydrogens (tertiary/aromatic N) is 1. The molecule has 3 aliphatic heterocycles. The molecule has 3 fully saturated rings. The highest BCUT2D eigenvalue weighted by Gasteiger charge is 2.78. The molecule has 2 bridgehead atoms. The highest BCUT2D eigenvalue weighted by atomic mass is 16.6. The van der Waals surface area contributed by atoms with E-state index in [-0.39, 0.29) is 37.6 Å². The molecular formula is C21H34N2O6. The Morgan fingerprint density at radius 1 is 1.38 bits per heavy atom. The van der Waals surface area contributed by atoms with Gasteiger partial charge < -0.3 is 24.8 Å². The number of carbonyl (C=O) groups is 3. The molecule has 0 aliphatic carbocycles. The largest absolute Gasteiger partial charge is 0.466 e. The lowest BCUT2D eigenvalue weighted by atomic mass is 9.66. The Morgan fingerprint density at radius 3 is 2.72 bits per heavy atom. The van der Waals surface area contributed by atoms with Crippen LogP contribution < -0.4 is 5.32 Å². The number of hydrogen-bond donors (Lipinski definition) is 2. The Kier molecular flexibility index (Phi) is 6.24. The van der Waals surface area contributed by atoms with E-state index >= 15 is 0 Å². The summed E-state index contributed by atoms with van der Waals surface area (Å²) in [7, 11) is 0. The van der Waals surface area contributed by atoms with Gasteiger partial charge in [0.1, 0.15) is 17.6 Å². The minimum Gasteiger partial charge on any atom is -0.466 e. The van der Waals surface area contributed by atoms with Crippen LogP contribution in [-0.2, 0) is 23.9 Å². The van der Waals surface area contributed by atoms with Crippen molar-refractivity contribution in [2.24, 2.45) is 11.8 Å². The van der Waals surface area contributed by atoms with Crippen LogP contribution in [0.2, 0.25) is 0 Å². The van der Waals surface area contributed by atoms with Gasteiger partial charge in [0.2, 0.25) is 11.8 Å². The lowest BCUT2D eigenvalue weighted by Gasteiger charge is -2.34. The first-order valence-corrected chi connectivity index (χ1v) is 10.8. The maximum Gasteiger partial charge on any atom is 0.312 e. The summed E-state index contributed by atoms with van der Waals surface area (Å²) in [5.41, 5.74) is -1.82. The Hall–Kier alpha value is -1.67. The van der Waals surface area contributed by atoms with Crippen LogP contribution in [0.1, 0.15) is 59.8 Å². The van der Waals surface area contributed by atoms with E-state index < -0.39 is 35.0 Å². The Labute approximate surface area is 172 Å². The van der Waals surface area contributed by atoms with Crippen molar-refractivity contribution in [3.63, 3.8) is 0 Å². The van der Waals surface area contributed by atoms with Crippen LogP contribution in [0.3, 0.4) is 0 Å². The summed E-state index contributed by atoms with van der Waals surface area (Å²) < 4.78 is 11.7. The number of ether oxygens (including phenoxy) is 2. The third-order valence-electron chi connectivity index (χ3n) is 6.73. The zero-order valence-corrected chi connectivity index (χ0v) is 17.9. The Morgan fingerprint density at radius 2 is 2.10 bits per heavy atom. The minimum atomic E-state index is -1.02. The lowest BCUT2D eigenvalue weighted by molar-refractivity contribution is -0.159. The average molecular weight is 411 g/mol. The summed E-state index contributed by atoms with van der Waals surface area (Å²) in [6, 6.07) is -0.820. The molecular weight excluding hydrogens is 376 g/mol. The number of amides is 2. The van der Waals surface area contributed by atoms with Crippen molar-refractivity contribution < 1.29 is 29.0 Å². The van der Waals surface area contributed by atoms with Gasteiger partial charge in [-0.25, -0.2) is 0 Å². The smallest absolute Gasteiger partial charge is 0.312 e. The van der Waals surface area contributed by atoms with Gasteiger partial charge in [0.15, 0.2) is 0 Å². The van der Waals surface area contributed by atoms with Gasteiger partial charge in [-0.1, -0.05) is 13.3 Å². The number of nitrogens with one attached hydrogen (secondary N) is 1. The van der Waals surface area contributed by atoms with E-state index in [2.05, 4.69) is 12.2 Å². The van der Waals surface area contributed by atoms with Gasteiger partial charge in [-0.2, -0.15) is 0 Å². The van der Waals surface area contributed by atoms with Gasteiger partial charge in [0.05, 0.1) is 18.1 Å². The van der Waals surface area contributed by atoms with E-state index in [1.807, 2.05) is 13.8 Å². The minimum absolute atomic E-state index is 0.0206. The van der Waals surface area contributed by atoms with Crippen molar-refractivity contribution in [2.75, 3.05) is 19.8 Å². The third-order valence-corrected chi connectivity index (χ3v) is 6.73. The molecule has 8 nitrogen and oxygen atoms in total. The molecule has 0 aromatic heterocycles. The number of fused-ring (bicyclic) bond motifs is 1. The van der Waals surface area contributed by atoms with E-state index in [1.54, 1.807) is 6.92 Å². The summed E-state index contributed by atoms with van der Waals surface area (Å²) in [5, 5.41) is 12.3. The van der Waals surface area contributed by atoms with E-state index in [0.717, 1.165) is 12.8 Å². The molecule has 3 unspecified atom stereocenters. The zero-order valence-electron chi connectivity index (χ0n) is 17.9. The molecule has 6 atom stereocenters. The molecule has 2 N–H and O–H groups in total. The summed E-state index contributed by atoms with van der Waals surface area (Å²) in [5.74, 6) is -2.36. The molecule has 0 saturated carbocycles. The zero-order chi connectivity index (χ0) is 21.4. The Balaban J connectivity index is 1.97. The first-order chi connectivity index (χ1) is 13.8. The van der Waals surface area contributed by atoms with E-state index in [9.17, 15) is 19.5 Å². The number of carbonyl (C=O) groups excluding carboxylic acids is 3. The maximum absolute atomic E-state index is 13.4. The second kappa shape index (κ2) is 8.22. The van der Waals surface area contributed by atoms with Crippen molar-refractivity contribution in [1.29, 1.82) is 0 Å². The van der Waals surface area contributed by atoms with Gasteiger partial charge in [-0.3, -0.25) is 14.4 Å². The van der Waals surface area contributed by atoms with E-state index in [4.69, 9.17) is 9.47 Å². The summed E-state index contributed by atoms with van der Waals surface area (Å²) in [4.78, 5) is 41.1. The van der Waals surface area contributed by atoms with Gasteiger partial charge >= 0.3 is 5.97 Å². The van der Waals surface area contributed by atoms with Crippen molar-refractivity contribution in [3.05, 3.63) is 0 Å². The molecule has 29 heavy (non-hydrogen) atoms. The second-order valence-corrected chi connectivity index (χ2v) is 8.79. The van der Waals surface area contributed by atoms with Crippen molar-refractivity contribution in [1.82, 2.24) is 10.2 Å². The monoisotopic (exact) mass is 410 g/mol. The predicted octanol–water partition coefficient (Wildman–Crippen LogP) is 1.00. The molecule has 3 heterocycles. The normalized spacial score (nSPS) is 36.2. The second-order valence-electron chi connectivity index (χ2n) is 8.79. The number of aliphatic hydroxyl groups excluding tert-OH is 1. The molecule has 3 saturated heterocycles.